The summed E-state index contributed by atoms with van der Waals surface area (Å²) >= 11 is 9.64. The lowest BCUT2D eigenvalue weighted by Crippen LogP contribution is -2.19. The zero-order valence-corrected chi connectivity index (χ0v) is 13.3. The monoisotopic (exact) mass is 355 g/mol. The van der Waals surface area contributed by atoms with Crippen molar-refractivity contribution in [1.82, 2.24) is 0 Å². The molecule has 1 atom stereocenters. The summed E-state index contributed by atoms with van der Waals surface area (Å²) in [5, 5.41) is 0.646. The Balaban J connectivity index is 2.25. The van der Waals surface area contributed by atoms with Gasteiger partial charge in [0.05, 0.1) is 11.6 Å². The van der Waals surface area contributed by atoms with Crippen LogP contribution in [0.4, 0.5) is 0 Å². The molecule has 0 aliphatic rings. The lowest BCUT2D eigenvalue weighted by atomic mass is 10.1. The lowest BCUT2D eigenvalue weighted by molar-refractivity contribution is 0.212. The van der Waals surface area contributed by atoms with E-state index in [1.165, 1.54) is 0 Å². The number of halogens is 2. The highest BCUT2D eigenvalue weighted by Gasteiger charge is 2.16. The van der Waals surface area contributed by atoms with Crippen LogP contribution in [-0.4, -0.2) is 13.7 Å². The van der Waals surface area contributed by atoms with E-state index in [1.54, 1.807) is 7.11 Å². The van der Waals surface area contributed by atoms with E-state index in [0.717, 1.165) is 15.8 Å². The van der Waals surface area contributed by atoms with E-state index in [-0.39, 0.29) is 6.10 Å². The Morgan fingerprint density at radius 2 is 2.00 bits per heavy atom. The molecule has 0 fully saturated rings. The van der Waals surface area contributed by atoms with Gasteiger partial charge in [0, 0.05) is 17.1 Å². The first-order valence-electron chi connectivity index (χ1n) is 6.10. The first-order chi connectivity index (χ1) is 9.65. The molecule has 2 aromatic rings. The second-order valence-electron chi connectivity index (χ2n) is 4.16. The smallest absolute Gasteiger partial charge is 0.137 e. The van der Waals surface area contributed by atoms with Crippen LogP contribution in [0.15, 0.2) is 46.9 Å². The topological polar surface area (TPSA) is 44.5 Å². The molecular formula is C15H15BrClNO2. The van der Waals surface area contributed by atoms with Crippen LogP contribution in [0, 0.1) is 0 Å². The van der Waals surface area contributed by atoms with Crippen LogP contribution in [0.25, 0.3) is 0 Å². The van der Waals surface area contributed by atoms with Gasteiger partial charge in [-0.05, 0) is 40.2 Å². The van der Waals surface area contributed by atoms with E-state index in [0.29, 0.717) is 17.3 Å². The fourth-order valence-electron chi connectivity index (χ4n) is 1.83. The highest BCUT2D eigenvalue weighted by atomic mass is 79.9. The van der Waals surface area contributed by atoms with E-state index in [4.69, 9.17) is 26.8 Å². The average Bonchev–Trinajstić information content (AvgIpc) is 2.47. The Kier molecular flexibility index (Phi) is 5.29. The predicted octanol–water partition coefficient (Wildman–Crippen LogP) is 4.19. The molecule has 2 N–H and O–H groups in total. The number of methoxy groups -OCH3 is 1. The molecule has 106 valence electrons. The summed E-state index contributed by atoms with van der Waals surface area (Å²) in [4.78, 5) is 0. The lowest BCUT2D eigenvalue weighted by Gasteiger charge is -2.20. The van der Waals surface area contributed by atoms with Crippen molar-refractivity contribution in [3.63, 3.8) is 0 Å². The Morgan fingerprint density at radius 3 is 2.60 bits per heavy atom. The molecule has 0 heterocycles. The predicted molar refractivity (Wildman–Crippen MR) is 84.6 cm³/mol. The van der Waals surface area contributed by atoms with Crippen molar-refractivity contribution >= 4 is 27.5 Å². The molecule has 0 aliphatic heterocycles. The number of benzene rings is 2. The maximum absolute atomic E-state index is 6.18. The highest BCUT2D eigenvalue weighted by molar-refractivity contribution is 9.10. The summed E-state index contributed by atoms with van der Waals surface area (Å²) < 4.78 is 11.9. The maximum Gasteiger partial charge on any atom is 0.137 e. The molecule has 2 aromatic carbocycles. The molecule has 0 amide bonds. The molecule has 0 saturated carbocycles. The molecule has 0 aliphatic carbocycles. The molecule has 5 heteroatoms. The van der Waals surface area contributed by atoms with Crippen molar-refractivity contribution in [3.8, 4) is 11.5 Å². The van der Waals surface area contributed by atoms with Gasteiger partial charge in [-0.3, -0.25) is 0 Å². The molecule has 0 radical (unpaired) electrons. The van der Waals surface area contributed by atoms with Crippen LogP contribution < -0.4 is 15.2 Å². The molecule has 1 unspecified atom stereocenters. The molecule has 3 nitrogen and oxygen atoms in total. The van der Waals surface area contributed by atoms with Gasteiger partial charge < -0.3 is 15.2 Å². The summed E-state index contributed by atoms with van der Waals surface area (Å²) in [6.07, 6.45) is -0.298. The Labute approximate surface area is 131 Å². The van der Waals surface area contributed by atoms with Gasteiger partial charge in [-0.25, -0.2) is 0 Å². The highest BCUT2D eigenvalue weighted by Crippen LogP contribution is 2.33. The third-order valence-corrected chi connectivity index (χ3v) is 3.84. The standard InChI is InChI=1S/C15H15BrClNO2/c1-19-10-6-7-14(12(16)8-10)20-15(9-18)11-4-2-3-5-13(11)17/h2-8,15H,9,18H2,1H3. The van der Waals surface area contributed by atoms with Gasteiger partial charge in [0.1, 0.15) is 17.6 Å². The summed E-state index contributed by atoms with van der Waals surface area (Å²) in [7, 11) is 1.62. The zero-order chi connectivity index (χ0) is 14.5. The SMILES string of the molecule is COc1ccc(OC(CN)c2ccccc2Cl)c(Br)c1. The second-order valence-corrected chi connectivity index (χ2v) is 5.42. The van der Waals surface area contributed by atoms with Gasteiger partial charge in [-0.2, -0.15) is 0 Å². The van der Waals surface area contributed by atoms with Crippen molar-refractivity contribution in [1.29, 1.82) is 0 Å². The molecule has 2 rings (SSSR count). The normalized spacial score (nSPS) is 12.0. The molecule has 0 aromatic heterocycles. The van der Waals surface area contributed by atoms with Crippen molar-refractivity contribution in [2.24, 2.45) is 5.73 Å². The zero-order valence-electron chi connectivity index (χ0n) is 11.0. The number of rotatable bonds is 5. The van der Waals surface area contributed by atoms with Crippen molar-refractivity contribution < 1.29 is 9.47 Å². The van der Waals surface area contributed by atoms with E-state index >= 15 is 0 Å². The Morgan fingerprint density at radius 1 is 1.25 bits per heavy atom. The molecule has 20 heavy (non-hydrogen) atoms. The van der Waals surface area contributed by atoms with Crippen molar-refractivity contribution in [2.45, 2.75) is 6.10 Å². The summed E-state index contributed by atoms with van der Waals surface area (Å²) in [5.74, 6) is 1.45. The Bertz CT molecular complexity index is 592. The minimum Gasteiger partial charge on any atom is -0.497 e. The van der Waals surface area contributed by atoms with Crippen molar-refractivity contribution in [3.05, 3.63) is 57.5 Å². The average molecular weight is 357 g/mol. The minimum atomic E-state index is -0.298. The summed E-state index contributed by atoms with van der Waals surface area (Å²) in [5.41, 5.74) is 6.68. The first-order valence-corrected chi connectivity index (χ1v) is 7.27. The van der Waals surface area contributed by atoms with E-state index in [9.17, 15) is 0 Å². The number of ether oxygens (including phenoxy) is 2. The van der Waals surface area contributed by atoms with Gasteiger partial charge in [-0.15, -0.1) is 0 Å². The van der Waals surface area contributed by atoms with Crippen LogP contribution in [0.5, 0.6) is 11.5 Å². The van der Waals surface area contributed by atoms with Gasteiger partial charge >= 0.3 is 0 Å². The molecular weight excluding hydrogens is 342 g/mol. The summed E-state index contributed by atoms with van der Waals surface area (Å²) in [6, 6.07) is 13.0. The minimum absolute atomic E-state index is 0.298. The van der Waals surface area contributed by atoms with Crippen LogP contribution in [-0.2, 0) is 0 Å². The van der Waals surface area contributed by atoms with Crippen LogP contribution in [0.1, 0.15) is 11.7 Å². The van der Waals surface area contributed by atoms with E-state index < -0.39 is 0 Å². The van der Waals surface area contributed by atoms with Gasteiger partial charge in [0.2, 0.25) is 0 Å². The third-order valence-electron chi connectivity index (χ3n) is 2.87. The first kappa shape index (κ1) is 15.2. The Hall–Kier alpha value is -1.23. The second kappa shape index (κ2) is 6.97. The quantitative estimate of drug-likeness (QED) is 0.873. The van der Waals surface area contributed by atoms with E-state index in [1.807, 2.05) is 42.5 Å². The fraction of sp³-hybridized carbons (Fsp3) is 0.200. The molecule has 0 bridgehead atoms. The molecule has 0 saturated heterocycles. The van der Waals surface area contributed by atoms with Gasteiger partial charge in [-0.1, -0.05) is 29.8 Å². The number of hydrogen-bond donors (Lipinski definition) is 1. The van der Waals surface area contributed by atoms with Gasteiger partial charge in [0.15, 0.2) is 0 Å². The largest absolute Gasteiger partial charge is 0.497 e. The molecule has 0 spiro atoms. The summed E-state index contributed by atoms with van der Waals surface area (Å²) in [6.45, 7) is 0.336. The van der Waals surface area contributed by atoms with Crippen LogP contribution >= 0.6 is 27.5 Å². The maximum atomic E-state index is 6.18. The number of hydrogen-bond acceptors (Lipinski definition) is 3. The third kappa shape index (κ3) is 3.45. The van der Waals surface area contributed by atoms with E-state index in [2.05, 4.69) is 15.9 Å². The number of nitrogens with two attached hydrogens (primary N) is 1. The van der Waals surface area contributed by atoms with Crippen molar-refractivity contribution in [2.75, 3.05) is 13.7 Å². The van der Waals surface area contributed by atoms with Gasteiger partial charge in [0.25, 0.3) is 0 Å². The van der Waals surface area contributed by atoms with Crippen LogP contribution in [0.2, 0.25) is 5.02 Å². The fourth-order valence-corrected chi connectivity index (χ4v) is 2.54. The van der Waals surface area contributed by atoms with Crippen LogP contribution in [0.3, 0.4) is 0 Å².